The van der Waals surface area contributed by atoms with Crippen LogP contribution in [0.3, 0.4) is 0 Å². The molecule has 0 amide bonds. The van der Waals surface area contributed by atoms with Gasteiger partial charge in [0.2, 0.25) is 0 Å². The van der Waals surface area contributed by atoms with Crippen molar-refractivity contribution in [1.29, 1.82) is 0 Å². The number of aromatic nitrogens is 3. The van der Waals surface area contributed by atoms with Gasteiger partial charge in [0, 0.05) is 36.6 Å². The Morgan fingerprint density at radius 2 is 1.95 bits per heavy atom. The maximum Gasteiger partial charge on any atom is 0.123 e. The summed E-state index contributed by atoms with van der Waals surface area (Å²) in [6, 6.07) is 10.5. The molecule has 0 fully saturated rings. The molecule has 0 aliphatic carbocycles. The highest BCUT2D eigenvalue weighted by Crippen LogP contribution is 2.15. The lowest BCUT2D eigenvalue weighted by molar-refractivity contribution is 0.308. The summed E-state index contributed by atoms with van der Waals surface area (Å²) in [5, 5.41) is 1.12. The Morgan fingerprint density at radius 1 is 1.14 bits per heavy atom. The summed E-state index contributed by atoms with van der Waals surface area (Å²) in [5.41, 5.74) is 1.29. The first-order valence-corrected chi connectivity index (χ1v) is 8.16. The summed E-state index contributed by atoms with van der Waals surface area (Å²) in [7, 11) is 2.12. The van der Waals surface area contributed by atoms with Crippen LogP contribution in [0.15, 0.2) is 48.9 Å². The Bertz CT molecular complexity index is 717. The molecule has 114 valence electrons. The molecule has 22 heavy (non-hydrogen) atoms. The molecule has 1 aromatic carbocycles. The van der Waals surface area contributed by atoms with Crippen molar-refractivity contribution in [2.24, 2.45) is 0 Å². The van der Waals surface area contributed by atoms with E-state index in [4.69, 9.17) is 0 Å². The topological polar surface area (TPSA) is 34.0 Å². The van der Waals surface area contributed by atoms with Crippen LogP contribution in [0, 0.1) is 6.92 Å². The van der Waals surface area contributed by atoms with E-state index in [-0.39, 0.29) is 0 Å². The van der Waals surface area contributed by atoms with Gasteiger partial charge in [-0.2, -0.15) is 0 Å². The average molecular weight is 312 g/mol. The van der Waals surface area contributed by atoms with Gasteiger partial charge < -0.3 is 4.57 Å². The number of thiazole rings is 1. The Hall–Kier alpha value is -1.98. The van der Waals surface area contributed by atoms with Gasteiger partial charge in [0.15, 0.2) is 0 Å². The lowest BCUT2D eigenvalue weighted by atomic mass is 10.2. The summed E-state index contributed by atoms with van der Waals surface area (Å²) in [6.45, 7) is 4.64. The average Bonchev–Trinajstić information content (AvgIpc) is 3.10. The van der Waals surface area contributed by atoms with Crippen molar-refractivity contribution in [2.45, 2.75) is 26.6 Å². The van der Waals surface area contributed by atoms with Crippen LogP contribution >= 0.6 is 11.3 Å². The zero-order chi connectivity index (χ0) is 15.4. The molecule has 0 N–H and O–H groups in total. The quantitative estimate of drug-likeness (QED) is 0.700. The second-order valence-corrected chi connectivity index (χ2v) is 6.79. The van der Waals surface area contributed by atoms with Crippen molar-refractivity contribution in [3.05, 3.63) is 70.2 Å². The molecular formula is C17H20N4S. The molecule has 0 atom stereocenters. The second-order valence-electron chi connectivity index (χ2n) is 5.47. The maximum atomic E-state index is 4.51. The van der Waals surface area contributed by atoms with Crippen LogP contribution in [0.2, 0.25) is 0 Å². The highest BCUT2D eigenvalue weighted by molar-refractivity contribution is 7.11. The Kier molecular flexibility index (Phi) is 4.65. The van der Waals surface area contributed by atoms with E-state index in [0.717, 1.165) is 30.5 Å². The number of aryl methyl sites for hydroxylation is 1. The zero-order valence-corrected chi connectivity index (χ0v) is 13.8. The van der Waals surface area contributed by atoms with Crippen LogP contribution < -0.4 is 0 Å². The third-order valence-corrected chi connectivity index (χ3v) is 4.40. The molecule has 0 unspecified atom stereocenters. The molecule has 3 rings (SSSR count). The van der Waals surface area contributed by atoms with Crippen LogP contribution in [-0.2, 0) is 19.6 Å². The van der Waals surface area contributed by atoms with Crippen molar-refractivity contribution in [3.8, 4) is 0 Å². The van der Waals surface area contributed by atoms with Gasteiger partial charge in [0.25, 0.3) is 0 Å². The van der Waals surface area contributed by atoms with E-state index in [9.17, 15) is 0 Å². The van der Waals surface area contributed by atoms with Gasteiger partial charge >= 0.3 is 0 Å². The summed E-state index contributed by atoms with van der Waals surface area (Å²) in [5.74, 6) is 1.09. The molecule has 0 saturated carbocycles. The largest absolute Gasteiger partial charge is 0.329 e. The molecule has 0 aliphatic rings. The van der Waals surface area contributed by atoms with Gasteiger partial charge in [0.1, 0.15) is 5.82 Å². The molecule has 4 nitrogen and oxygen atoms in total. The van der Waals surface area contributed by atoms with Gasteiger partial charge in [-0.15, -0.1) is 11.3 Å². The molecular weight excluding hydrogens is 292 g/mol. The van der Waals surface area contributed by atoms with Gasteiger partial charge in [0.05, 0.1) is 11.6 Å². The van der Waals surface area contributed by atoms with E-state index in [1.54, 1.807) is 11.3 Å². The number of nitrogens with zero attached hydrogens (tertiary/aromatic N) is 4. The molecule has 0 spiro atoms. The number of hydrogen-bond donors (Lipinski definition) is 0. The van der Waals surface area contributed by atoms with E-state index in [2.05, 4.69) is 50.7 Å². The third-order valence-electron chi connectivity index (χ3n) is 3.50. The lowest BCUT2D eigenvalue weighted by Crippen LogP contribution is -2.19. The van der Waals surface area contributed by atoms with Gasteiger partial charge in [-0.3, -0.25) is 4.90 Å². The fourth-order valence-electron chi connectivity index (χ4n) is 2.46. The SMILES string of the molecule is Cc1ncc(CN(C)Cc2nccn2Cc2ccccc2)s1. The fourth-order valence-corrected chi connectivity index (χ4v) is 3.33. The van der Waals surface area contributed by atoms with Crippen LogP contribution in [0.25, 0.3) is 0 Å². The zero-order valence-electron chi connectivity index (χ0n) is 12.9. The molecule has 3 aromatic rings. The highest BCUT2D eigenvalue weighted by atomic mass is 32.1. The van der Waals surface area contributed by atoms with Crippen molar-refractivity contribution < 1.29 is 0 Å². The molecule has 0 aliphatic heterocycles. The first-order valence-electron chi connectivity index (χ1n) is 7.34. The van der Waals surface area contributed by atoms with Crippen molar-refractivity contribution in [1.82, 2.24) is 19.4 Å². The second kappa shape index (κ2) is 6.85. The summed E-state index contributed by atoms with van der Waals surface area (Å²) < 4.78 is 2.21. The van der Waals surface area contributed by atoms with Gasteiger partial charge in [-0.1, -0.05) is 30.3 Å². The monoisotopic (exact) mass is 312 g/mol. The Balaban J connectivity index is 1.64. The van der Waals surface area contributed by atoms with Gasteiger partial charge in [-0.05, 0) is 19.5 Å². The minimum atomic E-state index is 0.830. The van der Waals surface area contributed by atoms with E-state index in [0.29, 0.717) is 0 Å². The van der Waals surface area contributed by atoms with Crippen molar-refractivity contribution >= 4 is 11.3 Å². The normalized spacial score (nSPS) is 11.2. The first kappa shape index (κ1) is 14.9. The van der Waals surface area contributed by atoms with Crippen LogP contribution in [-0.4, -0.2) is 26.5 Å². The minimum Gasteiger partial charge on any atom is -0.329 e. The number of rotatable bonds is 6. The maximum absolute atomic E-state index is 4.51. The molecule has 0 bridgehead atoms. The fraction of sp³-hybridized carbons (Fsp3) is 0.294. The van der Waals surface area contributed by atoms with E-state index in [1.807, 2.05) is 31.6 Å². The minimum absolute atomic E-state index is 0.830. The standard InChI is InChI=1S/C17H20N4S/c1-14-19-10-16(22-14)12-20(2)13-17-18-8-9-21(17)11-15-6-4-3-5-7-15/h3-10H,11-13H2,1-2H3. The highest BCUT2D eigenvalue weighted by Gasteiger charge is 2.09. The Morgan fingerprint density at radius 3 is 2.68 bits per heavy atom. The molecule has 2 heterocycles. The molecule has 5 heteroatoms. The molecule has 0 radical (unpaired) electrons. The van der Waals surface area contributed by atoms with Gasteiger partial charge in [-0.25, -0.2) is 9.97 Å². The predicted octanol–water partition coefficient (Wildman–Crippen LogP) is 3.33. The van der Waals surface area contributed by atoms with Crippen molar-refractivity contribution in [2.75, 3.05) is 7.05 Å². The summed E-state index contributed by atoms with van der Waals surface area (Å²) >= 11 is 1.76. The number of imidazole rings is 1. The van der Waals surface area contributed by atoms with Crippen LogP contribution in [0.4, 0.5) is 0 Å². The summed E-state index contributed by atoms with van der Waals surface area (Å²) in [4.78, 5) is 12.4. The molecule has 2 aromatic heterocycles. The first-order chi connectivity index (χ1) is 10.7. The number of benzene rings is 1. The van der Waals surface area contributed by atoms with Crippen molar-refractivity contribution in [3.63, 3.8) is 0 Å². The van der Waals surface area contributed by atoms with E-state index >= 15 is 0 Å². The van der Waals surface area contributed by atoms with E-state index < -0.39 is 0 Å². The van der Waals surface area contributed by atoms with Crippen LogP contribution in [0.1, 0.15) is 21.3 Å². The third kappa shape index (κ3) is 3.81. The Labute approximate surface area is 135 Å². The smallest absolute Gasteiger partial charge is 0.123 e. The van der Waals surface area contributed by atoms with E-state index in [1.165, 1.54) is 10.4 Å². The predicted molar refractivity (Wildman–Crippen MR) is 89.8 cm³/mol. The lowest BCUT2D eigenvalue weighted by Gasteiger charge is -2.16. The van der Waals surface area contributed by atoms with Crippen LogP contribution in [0.5, 0.6) is 0 Å². The molecule has 0 saturated heterocycles. The summed E-state index contributed by atoms with van der Waals surface area (Å²) in [6.07, 6.45) is 5.89. The number of hydrogen-bond acceptors (Lipinski definition) is 4.